The van der Waals surface area contributed by atoms with Crippen LogP contribution in [0, 0.1) is 0 Å². The first-order valence-corrected chi connectivity index (χ1v) is 7.41. The van der Waals surface area contributed by atoms with E-state index in [4.69, 9.17) is 0 Å². The van der Waals surface area contributed by atoms with Crippen molar-refractivity contribution >= 4 is 17.3 Å². The Hall–Kier alpha value is -2.63. The Morgan fingerprint density at radius 3 is 2.42 bits per heavy atom. The molecule has 1 aliphatic rings. The van der Waals surface area contributed by atoms with Crippen LogP contribution in [0.2, 0.25) is 0 Å². The van der Waals surface area contributed by atoms with Gasteiger partial charge in [0.1, 0.15) is 5.92 Å². The van der Waals surface area contributed by atoms with Gasteiger partial charge in [0.05, 0.1) is 12.1 Å². The molecule has 0 aliphatic carbocycles. The van der Waals surface area contributed by atoms with Crippen molar-refractivity contribution in [2.75, 3.05) is 18.5 Å². The van der Waals surface area contributed by atoms with E-state index in [1.165, 1.54) is 12.1 Å². The average molecular weight is 332 g/mol. The van der Waals surface area contributed by atoms with Gasteiger partial charge in [0, 0.05) is 18.4 Å². The van der Waals surface area contributed by atoms with Crippen molar-refractivity contribution in [2.45, 2.75) is 12.1 Å². The van der Waals surface area contributed by atoms with E-state index in [0.29, 0.717) is 17.0 Å². The van der Waals surface area contributed by atoms with Gasteiger partial charge in [-0.05, 0) is 23.8 Å². The van der Waals surface area contributed by atoms with E-state index in [9.17, 15) is 18.0 Å². The maximum atomic E-state index is 12.9. The predicted molar refractivity (Wildman–Crippen MR) is 86.3 cm³/mol. The predicted octanol–water partition coefficient (Wildman–Crippen LogP) is 3.91. The van der Waals surface area contributed by atoms with Gasteiger partial charge >= 0.3 is 6.18 Å². The minimum atomic E-state index is -4.44. The summed E-state index contributed by atoms with van der Waals surface area (Å²) in [6.45, 7) is 0.278. The van der Waals surface area contributed by atoms with Crippen LogP contribution in [0.5, 0.6) is 0 Å². The van der Waals surface area contributed by atoms with Crippen molar-refractivity contribution in [3.8, 4) is 0 Å². The number of hydrogen-bond acceptors (Lipinski definition) is 2. The van der Waals surface area contributed by atoms with E-state index >= 15 is 0 Å². The van der Waals surface area contributed by atoms with Crippen molar-refractivity contribution in [2.24, 2.45) is 4.99 Å². The lowest BCUT2D eigenvalue weighted by molar-refractivity contribution is -0.137. The number of carbonyl (C=O) groups excluding carboxylic acids is 1. The zero-order chi connectivity index (χ0) is 17.3. The quantitative estimate of drug-likeness (QED) is 0.821. The molecular weight excluding hydrogens is 317 g/mol. The fourth-order valence-corrected chi connectivity index (χ4v) is 2.89. The van der Waals surface area contributed by atoms with E-state index in [2.05, 4.69) is 4.99 Å². The number of anilines is 1. The number of hydrogen-bond donors (Lipinski definition) is 0. The molecule has 1 fully saturated rings. The van der Waals surface area contributed by atoms with E-state index in [1.807, 2.05) is 18.2 Å². The van der Waals surface area contributed by atoms with Crippen LogP contribution < -0.4 is 4.90 Å². The standard InChI is InChI=1S/C18H15F3N2O/c1-22-15-11-23(14-8-3-2-4-9-14)17(24)16(15)12-6-5-7-13(10-12)18(19,20)21/h2-10,16H,11H2,1H3. The summed E-state index contributed by atoms with van der Waals surface area (Å²) in [5.41, 5.74) is 0.816. The molecule has 6 heteroatoms. The lowest BCUT2D eigenvalue weighted by atomic mass is 9.94. The minimum Gasteiger partial charge on any atom is -0.306 e. The van der Waals surface area contributed by atoms with Crippen LogP contribution in [0.15, 0.2) is 59.6 Å². The minimum absolute atomic E-state index is 0.263. The molecule has 0 radical (unpaired) electrons. The number of rotatable bonds is 2. The summed E-state index contributed by atoms with van der Waals surface area (Å²) in [4.78, 5) is 18.5. The third kappa shape index (κ3) is 2.91. The molecule has 3 nitrogen and oxygen atoms in total. The van der Waals surface area contributed by atoms with Crippen LogP contribution in [-0.4, -0.2) is 25.2 Å². The molecule has 0 spiro atoms. The molecule has 1 saturated heterocycles. The number of aliphatic imine (C=N–C) groups is 1. The van der Waals surface area contributed by atoms with Crippen LogP contribution in [0.4, 0.5) is 18.9 Å². The molecule has 1 atom stereocenters. The van der Waals surface area contributed by atoms with Crippen LogP contribution in [0.25, 0.3) is 0 Å². The number of carbonyl (C=O) groups is 1. The van der Waals surface area contributed by atoms with Gasteiger partial charge < -0.3 is 4.90 Å². The monoisotopic (exact) mass is 332 g/mol. The Balaban J connectivity index is 2.00. The summed E-state index contributed by atoms with van der Waals surface area (Å²) >= 11 is 0. The van der Waals surface area contributed by atoms with Crippen molar-refractivity contribution in [1.29, 1.82) is 0 Å². The van der Waals surface area contributed by atoms with Gasteiger partial charge in [0.25, 0.3) is 0 Å². The van der Waals surface area contributed by atoms with Gasteiger partial charge in [-0.2, -0.15) is 13.2 Å². The molecule has 2 aromatic carbocycles. The van der Waals surface area contributed by atoms with E-state index in [1.54, 1.807) is 24.1 Å². The fraction of sp³-hybridized carbons (Fsp3) is 0.222. The Morgan fingerprint density at radius 1 is 1.08 bits per heavy atom. The van der Waals surface area contributed by atoms with Gasteiger partial charge in [0.15, 0.2) is 0 Å². The van der Waals surface area contributed by atoms with Crippen molar-refractivity contribution in [3.63, 3.8) is 0 Å². The van der Waals surface area contributed by atoms with Crippen molar-refractivity contribution < 1.29 is 18.0 Å². The summed E-state index contributed by atoms with van der Waals surface area (Å²) in [5.74, 6) is -1.04. The highest BCUT2D eigenvalue weighted by atomic mass is 19.4. The molecule has 1 aliphatic heterocycles. The topological polar surface area (TPSA) is 32.7 Å². The number of alkyl halides is 3. The summed E-state index contributed by atoms with van der Waals surface area (Å²) < 4.78 is 38.8. The Morgan fingerprint density at radius 2 is 1.79 bits per heavy atom. The van der Waals surface area contributed by atoms with E-state index < -0.39 is 17.7 Å². The van der Waals surface area contributed by atoms with Crippen molar-refractivity contribution in [1.82, 2.24) is 0 Å². The lowest BCUT2D eigenvalue weighted by Gasteiger charge is -2.16. The number of amides is 1. The highest BCUT2D eigenvalue weighted by molar-refractivity contribution is 6.23. The number of benzene rings is 2. The molecular formula is C18H15F3N2O. The lowest BCUT2D eigenvalue weighted by Crippen LogP contribution is -2.26. The average Bonchev–Trinajstić information content (AvgIpc) is 2.91. The second-order valence-corrected chi connectivity index (χ2v) is 5.53. The first kappa shape index (κ1) is 16.2. The van der Waals surface area contributed by atoms with E-state index in [0.717, 1.165) is 12.1 Å². The first-order valence-electron chi connectivity index (χ1n) is 7.41. The zero-order valence-electron chi connectivity index (χ0n) is 12.9. The smallest absolute Gasteiger partial charge is 0.306 e. The fourth-order valence-electron chi connectivity index (χ4n) is 2.89. The zero-order valence-corrected chi connectivity index (χ0v) is 12.9. The molecule has 124 valence electrons. The summed E-state index contributed by atoms with van der Waals surface area (Å²) in [6, 6.07) is 13.9. The Labute approximate surface area is 137 Å². The largest absolute Gasteiger partial charge is 0.416 e. The molecule has 0 aromatic heterocycles. The first-order chi connectivity index (χ1) is 11.4. The van der Waals surface area contributed by atoms with Gasteiger partial charge in [-0.3, -0.25) is 9.79 Å². The molecule has 1 heterocycles. The number of para-hydroxylation sites is 1. The molecule has 0 N–H and O–H groups in total. The summed E-state index contributed by atoms with van der Waals surface area (Å²) in [7, 11) is 1.55. The van der Waals surface area contributed by atoms with Gasteiger partial charge in [-0.15, -0.1) is 0 Å². The second kappa shape index (κ2) is 6.11. The van der Waals surface area contributed by atoms with Gasteiger partial charge in [-0.1, -0.05) is 36.4 Å². The Kier molecular flexibility index (Phi) is 4.13. The Bertz CT molecular complexity index is 784. The molecule has 1 unspecified atom stereocenters. The highest BCUT2D eigenvalue weighted by Crippen LogP contribution is 2.34. The number of halogens is 3. The summed E-state index contributed by atoms with van der Waals surface area (Å²) in [5, 5.41) is 0. The maximum absolute atomic E-state index is 12.9. The molecule has 3 rings (SSSR count). The normalized spacial score (nSPS) is 20.0. The van der Waals surface area contributed by atoms with E-state index in [-0.39, 0.29) is 12.5 Å². The summed E-state index contributed by atoms with van der Waals surface area (Å²) in [6.07, 6.45) is -4.44. The molecule has 2 aromatic rings. The van der Waals surface area contributed by atoms with Crippen LogP contribution in [0.3, 0.4) is 0 Å². The highest BCUT2D eigenvalue weighted by Gasteiger charge is 2.40. The third-order valence-electron chi connectivity index (χ3n) is 4.07. The van der Waals surface area contributed by atoms with Crippen LogP contribution >= 0.6 is 0 Å². The number of nitrogens with zero attached hydrogens (tertiary/aromatic N) is 2. The van der Waals surface area contributed by atoms with Crippen molar-refractivity contribution in [3.05, 3.63) is 65.7 Å². The van der Waals surface area contributed by atoms with Crippen LogP contribution in [-0.2, 0) is 11.0 Å². The van der Waals surface area contributed by atoms with Gasteiger partial charge in [0.2, 0.25) is 5.91 Å². The molecule has 24 heavy (non-hydrogen) atoms. The molecule has 0 saturated carbocycles. The SMILES string of the molecule is CN=C1CN(c2ccccc2)C(=O)C1c1cccc(C(F)(F)F)c1. The second-order valence-electron chi connectivity index (χ2n) is 5.53. The molecule has 1 amide bonds. The van der Waals surface area contributed by atoms with Crippen LogP contribution in [0.1, 0.15) is 17.0 Å². The third-order valence-corrected chi connectivity index (χ3v) is 4.07. The maximum Gasteiger partial charge on any atom is 0.416 e. The molecule has 0 bridgehead atoms. The van der Waals surface area contributed by atoms with Gasteiger partial charge in [-0.25, -0.2) is 0 Å².